The van der Waals surface area contributed by atoms with Crippen molar-refractivity contribution in [1.29, 1.82) is 0 Å². The van der Waals surface area contributed by atoms with Crippen LogP contribution in [0.2, 0.25) is 0 Å². The first-order chi connectivity index (χ1) is 12.4. The first-order valence-corrected chi connectivity index (χ1v) is 10.4. The minimum Gasteiger partial charge on any atom is -0.872 e. The number of ether oxygens (including phenoxy) is 1. The summed E-state index contributed by atoms with van der Waals surface area (Å²) in [5, 5.41) is 12.2. The van der Waals surface area contributed by atoms with Crippen molar-refractivity contribution in [1.82, 2.24) is 0 Å². The Morgan fingerprint density at radius 2 is 1.67 bits per heavy atom. The number of unbranched alkanes of at least 4 members (excludes halogenated alkanes) is 5. The summed E-state index contributed by atoms with van der Waals surface area (Å²) >= 11 is 0. The van der Waals surface area contributed by atoms with Gasteiger partial charge in [0.25, 0.3) is 10.1 Å². The third-order valence-corrected chi connectivity index (χ3v) is 5.09. The fraction of sp³-hybridized carbons (Fsp3) is 0.400. The fourth-order valence-corrected chi connectivity index (χ4v) is 3.39. The summed E-state index contributed by atoms with van der Waals surface area (Å²) in [6.07, 6.45) is 7.71. The molecule has 0 saturated carbocycles. The van der Waals surface area contributed by atoms with Gasteiger partial charge < -0.3 is 9.84 Å². The van der Waals surface area contributed by atoms with E-state index in [2.05, 4.69) is 6.92 Å². The van der Waals surface area contributed by atoms with Gasteiger partial charge in [-0.25, -0.2) is 0 Å². The molecule has 2 rings (SSSR count). The van der Waals surface area contributed by atoms with E-state index in [0.29, 0.717) is 0 Å². The molecule has 0 fully saturated rings. The number of para-hydroxylation sites is 1. The van der Waals surface area contributed by atoms with E-state index in [4.69, 9.17) is 4.74 Å². The zero-order valence-corrected chi connectivity index (χ0v) is 19.9. The summed E-state index contributed by atoms with van der Waals surface area (Å²) in [6, 6.07) is 10.5. The number of aryl methyl sites for hydroxylation is 1. The largest absolute Gasteiger partial charge is 1.00 e. The number of hydrogen-bond donors (Lipinski definition) is 1. The maximum Gasteiger partial charge on any atom is 1.00 e. The van der Waals surface area contributed by atoms with E-state index in [1.54, 1.807) is 18.2 Å². The average Bonchev–Trinajstić information content (AvgIpc) is 2.59. The van der Waals surface area contributed by atoms with Crippen LogP contribution in [0.1, 0.15) is 51.0 Å². The summed E-state index contributed by atoms with van der Waals surface area (Å²) in [4.78, 5) is -0.330. The topological polar surface area (TPSA) is 86.7 Å². The van der Waals surface area contributed by atoms with E-state index < -0.39 is 10.1 Å². The monoisotopic (exact) mass is 416 g/mol. The normalized spacial score (nSPS) is 11.0. The van der Waals surface area contributed by atoms with Gasteiger partial charge in [-0.15, -0.1) is 5.75 Å². The summed E-state index contributed by atoms with van der Waals surface area (Å²) in [5.74, 6) is 0.108. The van der Waals surface area contributed by atoms with Crippen molar-refractivity contribution in [3.63, 3.8) is 0 Å². The van der Waals surface area contributed by atoms with E-state index in [1.165, 1.54) is 49.9 Å². The molecule has 0 unspecified atom stereocenters. The van der Waals surface area contributed by atoms with Crippen molar-refractivity contribution in [2.24, 2.45) is 0 Å². The van der Waals surface area contributed by atoms with Crippen LogP contribution in [0.25, 0.3) is 0 Å². The second-order valence-corrected chi connectivity index (χ2v) is 7.70. The maximum absolute atomic E-state index is 12.2. The van der Waals surface area contributed by atoms with Crippen molar-refractivity contribution in [2.45, 2.75) is 56.8 Å². The molecule has 0 aromatic heterocycles. The number of rotatable bonds is 10. The summed E-state index contributed by atoms with van der Waals surface area (Å²) in [5.41, 5.74) is 0.732. The molecule has 142 valence electrons. The van der Waals surface area contributed by atoms with Crippen molar-refractivity contribution < 1.29 is 74.2 Å². The minimum absolute atomic E-state index is 0. The predicted molar refractivity (Wildman–Crippen MR) is 99.3 cm³/mol. The van der Waals surface area contributed by atoms with E-state index in [-0.39, 0.29) is 73.5 Å². The van der Waals surface area contributed by atoms with Crippen LogP contribution in [0.5, 0.6) is 17.2 Å². The summed E-state index contributed by atoms with van der Waals surface area (Å²) in [6.45, 7) is 2.18. The molecule has 0 aliphatic carbocycles. The standard InChI is InChI=1S/C20H26O5S.K/c1-2-3-4-5-6-7-10-16-13-14-17(15-18(16)21)25-19-11-8-9-12-20(19)26(22,23)24;/h8-9,11-15,21H,2-7,10H2,1H3,(H,22,23,24);/q;+1/p-1. The van der Waals surface area contributed by atoms with Gasteiger partial charge in [-0.05, 0) is 37.1 Å². The maximum atomic E-state index is 12.2. The molecule has 0 aliphatic heterocycles. The van der Waals surface area contributed by atoms with Gasteiger partial charge in [-0.2, -0.15) is 8.42 Å². The Labute approximate surface area is 204 Å². The van der Waals surface area contributed by atoms with Gasteiger partial charge in [0.2, 0.25) is 0 Å². The predicted octanol–water partition coefficient (Wildman–Crippen LogP) is 1.71. The van der Waals surface area contributed by atoms with Crippen LogP contribution >= 0.6 is 0 Å². The van der Waals surface area contributed by atoms with Gasteiger partial charge >= 0.3 is 51.4 Å². The molecule has 0 atom stereocenters. The molecule has 0 radical (unpaired) electrons. The van der Waals surface area contributed by atoms with Gasteiger partial charge in [0, 0.05) is 0 Å². The van der Waals surface area contributed by atoms with Gasteiger partial charge in [0.05, 0.1) is 0 Å². The number of hydrogen-bond acceptors (Lipinski definition) is 4. The molecular formula is C20H25KO5S. The molecule has 5 nitrogen and oxygen atoms in total. The first-order valence-electron chi connectivity index (χ1n) is 8.96. The molecule has 7 heteroatoms. The van der Waals surface area contributed by atoms with Crippen LogP contribution in [-0.4, -0.2) is 13.0 Å². The van der Waals surface area contributed by atoms with Crippen LogP contribution in [-0.2, 0) is 16.5 Å². The van der Waals surface area contributed by atoms with Crippen molar-refractivity contribution >= 4 is 10.1 Å². The molecule has 2 aromatic rings. The zero-order chi connectivity index (χ0) is 19.0. The van der Waals surface area contributed by atoms with Gasteiger partial charge in [0.15, 0.2) is 0 Å². The molecule has 0 heterocycles. The molecule has 0 spiro atoms. The molecule has 27 heavy (non-hydrogen) atoms. The van der Waals surface area contributed by atoms with E-state index in [9.17, 15) is 18.1 Å². The minimum atomic E-state index is -4.40. The SMILES string of the molecule is CCCCCCCCc1ccc(Oc2ccccc2S(=O)(=O)O)cc1[O-].[K+]. The smallest absolute Gasteiger partial charge is 0.872 e. The van der Waals surface area contributed by atoms with Crippen molar-refractivity contribution in [3.05, 3.63) is 48.0 Å². The molecule has 0 aliphatic rings. The summed E-state index contributed by atoms with van der Waals surface area (Å²) in [7, 11) is -4.40. The van der Waals surface area contributed by atoms with Gasteiger partial charge in [-0.1, -0.05) is 62.8 Å². The van der Waals surface area contributed by atoms with Crippen LogP contribution in [0.15, 0.2) is 47.4 Å². The van der Waals surface area contributed by atoms with E-state index in [0.717, 1.165) is 24.8 Å². The Balaban J connectivity index is 0.00000364. The molecule has 2 aromatic carbocycles. The van der Waals surface area contributed by atoms with E-state index in [1.807, 2.05) is 0 Å². The molecule has 1 N–H and O–H groups in total. The van der Waals surface area contributed by atoms with Crippen LogP contribution in [0.4, 0.5) is 0 Å². The Hall–Kier alpha value is -0.414. The molecule has 0 amide bonds. The van der Waals surface area contributed by atoms with E-state index >= 15 is 0 Å². The quantitative estimate of drug-likeness (QED) is 0.362. The zero-order valence-electron chi connectivity index (χ0n) is 16.0. The van der Waals surface area contributed by atoms with Crippen molar-refractivity contribution in [3.8, 4) is 17.2 Å². The Kier molecular flexibility index (Phi) is 11.1. The molecular weight excluding hydrogens is 391 g/mol. The second-order valence-electron chi connectivity index (χ2n) is 6.31. The second kappa shape index (κ2) is 12.2. The Morgan fingerprint density at radius 1 is 1.00 bits per heavy atom. The molecule has 0 saturated heterocycles. The third kappa shape index (κ3) is 8.23. The third-order valence-electron chi connectivity index (χ3n) is 4.19. The Bertz CT molecular complexity index is 821. The van der Waals surface area contributed by atoms with Crippen molar-refractivity contribution in [2.75, 3.05) is 0 Å². The average molecular weight is 417 g/mol. The number of benzene rings is 2. The van der Waals surface area contributed by atoms with Crippen LogP contribution < -0.4 is 61.2 Å². The Morgan fingerprint density at radius 3 is 2.33 bits per heavy atom. The molecule has 0 bridgehead atoms. The van der Waals surface area contributed by atoms with Gasteiger partial charge in [-0.3, -0.25) is 4.55 Å². The first kappa shape index (κ1) is 24.6. The van der Waals surface area contributed by atoms with Gasteiger partial charge in [0.1, 0.15) is 16.4 Å². The fourth-order valence-electron chi connectivity index (χ4n) is 2.78. The summed E-state index contributed by atoms with van der Waals surface area (Å²) < 4.78 is 37.5. The van der Waals surface area contributed by atoms with Crippen LogP contribution in [0, 0.1) is 0 Å². The van der Waals surface area contributed by atoms with Crippen LogP contribution in [0.3, 0.4) is 0 Å².